The van der Waals surface area contributed by atoms with E-state index in [0.717, 1.165) is 25.1 Å². The quantitative estimate of drug-likeness (QED) is 0.446. The van der Waals surface area contributed by atoms with Crippen molar-refractivity contribution in [2.45, 2.75) is 20.3 Å². The van der Waals surface area contributed by atoms with E-state index in [1.165, 1.54) is 12.1 Å². The van der Waals surface area contributed by atoms with Gasteiger partial charge in [-0.15, -0.1) is 0 Å². The van der Waals surface area contributed by atoms with Gasteiger partial charge in [0.1, 0.15) is 0 Å². The zero-order chi connectivity index (χ0) is 14.3. The van der Waals surface area contributed by atoms with E-state index in [2.05, 4.69) is 10.6 Å². The number of rotatable bonds is 7. The molecule has 0 unspecified atom stereocenters. The van der Waals surface area contributed by atoms with E-state index in [1.54, 1.807) is 13.0 Å². The second-order valence-electron chi connectivity index (χ2n) is 4.22. The molecule has 0 atom stereocenters. The van der Waals surface area contributed by atoms with E-state index in [4.69, 9.17) is 0 Å². The van der Waals surface area contributed by atoms with Gasteiger partial charge in [-0.25, -0.2) is 0 Å². The maximum Gasteiger partial charge on any atom is 0.270 e. The number of hydrogen-bond donors (Lipinski definition) is 2. The molecule has 0 saturated carbocycles. The first-order chi connectivity index (χ1) is 9.06. The lowest BCUT2D eigenvalue weighted by atomic mass is 10.1. The largest absolute Gasteiger partial charge is 0.352 e. The molecule has 1 amide bonds. The number of aryl methyl sites for hydroxylation is 1. The van der Waals surface area contributed by atoms with Gasteiger partial charge in [-0.3, -0.25) is 14.9 Å². The summed E-state index contributed by atoms with van der Waals surface area (Å²) in [5.74, 6) is -0.266. The van der Waals surface area contributed by atoms with Crippen LogP contribution in [0, 0.1) is 17.0 Å². The summed E-state index contributed by atoms with van der Waals surface area (Å²) < 4.78 is 0. The van der Waals surface area contributed by atoms with Gasteiger partial charge in [0.05, 0.1) is 4.92 Å². The minimum Gasteiger partial charge on any atom is -0.352 e. The molecule has 6 heteroatoms. The zero-order valence-electron chi connectivity index (χ0n) is 11.2. The zero-order valence-corrected chi connectivity index (χ0v) is 11.2. The van der Waals surface area contributed by atoms with Crippen molar-refractivity contribution < 1.29 is 9.72 Å². The van der Waals surface area contributed by atoms with Crippen molar-refractivity contribution in [3.8, 4) is 0 Å². The monoisotopic (exact) mass is 265 g/mol. The van der Waals surface area contributed by atoms with Gasteiger partial charge in [0.25, 0.3) is 11.6 Å². The number of benzene rings is 1. The van der Waals surface area contributed by atoms with Gasteiger partial charge >= 0.3 is 0 Å². The van der Waals surface area contributed by atoms with Crippen LogP contribution in [-0.2, 0) is 0 Å². The predicted octanol–water partition coefficient (Wildman–Crippen LogP) is 1.63. The Balaban J connectivity index is 2.61. The molecular weight excluding hydrogens is 246 g/mol. The highest BCUT2D eigenvalue weighted by Gasteiger charge is 2.13. The van der Waals surface area contributed by atoms with Crippen molar-refractivity contribution in [3.63, 3.8) is 0 Å². The van der Waals surface area contributed by atoms with Gasteiger partial charge in [-0.05, 0) is 32.0 Å². The lowest BCUT2D eigenvalue weighted by Crippen LogP contribution is -2.27. The molecule has 0 aliphatic rings. The van der Waals surface area contributed by atoms with Crippen LogP contribution in [0.15, 0.2) is 18.2 Å². The smallest absolute Gasteiger partial charge is 0.270 e. The van der Waals surface area contributed by atoms with Crippen LogP contribution in [0.25, 0.3) is 0 Å². The Morgan fingerprint density at radius 2 is 2.11 bits per heavy atom. The first-order valence-electron chi connectivity index (χ1n) is 6.30. The molecule has 1 rings (SSSR count). The second-order valence-corrected chi connectivity index (χ2v) is 4.22. The first-order valence-corrected chi connectivity index (χ1v) is 6.30. The van der Waals surface area contributed by atoms with Gasteiger partial charge in [0, 0.05) is 24.2 Å². The molecule has 2 N–H and O–H groups in total. The third kappa shape index (κ3) is 4.67. The molecule has 1 aromatic rings. The van der Waals surface area contributed by atoms with Crippen molar-refractivity contribution in [2.75, 3.05) is 19.6 Å². The Bertz CT molecular complexity index is 460. The molecule has 1 aromatic carbocycles. The van der Waals surface area contributed by atoms with E-state index < -0.39 is 4.92 Å². The average Bonchev–Trinajstić information content (AvgIpc) is 2.38. The molecule has 0 fully saturated rings. The summed E-state index contributed by atoms with van der Waals surface area (Å²) in [7, 11) is 0. The summed E-state index contributed by atoms with van der Waals surface area (Å²) >= 11 is 0. The third-order valence-corrected chi connectivity index (χ3v) is 2.74. The third-order valence-electron chi connectivity index (χ3n) is 2.74. The minimum atomic E-state index is -0.499. The van der Waals surface area contributed by atoms with E-state index in [-0.39, 0.29) is 11.6 Å². The van der Waals surface area contributed by atoms with Gasteiger partial charge in [-0.1, -0.05) is 13.0 Å². The standard InChI is InChI=1S/C13H19N3O3/c1-3-14-7-4-8-15-13(17)12-9-11(16(18)19)6-5-10(12)2/h5-6,9,14H,3-4,7-8H2,1-2H3,(H,15,17). The van der Waals surface area contributed by atoms with Gasteiger partial charge in [-0.2, -0.15) is 0 Å². The molecule has 0 aliphatic carbocycles. The Morgan fingerprint density at radius 3 is 2.74 bits per heavy atom. The predicted molar refractivity (Wildman–Crippen MR) is 73.3 cm³/mol. The van der Waals surface area contributed by atoms with Crippen molar-refractivity contribution >= 4 is 11.6 Å². The van der Waals surface area contributed by atoms with E-state index in [9.17, 15) is 14.9 Å². The van der Waals surface area contributed by atoms with E-state index in [1.807, 2.05) is 6.92 Å². The number of non-ortho nitro benzene ring substituents is 1. The maximum atomic E-state index is 11.9. The van der Waals surface area contributed by atoms with Crippen LogP contribution >= 0.6 is 0 Å². The highest BCUT2D eigenvalue weighted by Crippen LogP contribution is 2.17. The maximum absolute atomic E-state index is 11.9. The molecule has 0 aliphatic heterocycles. The van der Waals surface area contributed by atoms with Crippen LogP contribution in [0.2, 0.25) is 0 Å². The summed E-state index contributed by atoms with van der Waals surface area (Å²) in [5, 5.41) is 16.6. The van der Waals surface area contributed by atoms with Crippen LogP contribution in [0.1, 0.15) is 29.3 Å². The lowest BCUT2D eigenvalue weighted by molar-refractivity contribution is -0.384. The number of carbonyl (C=O) groups is 1. The Labute approximate surface area is 112 Å². The minimum absolute atomic E-state index is 0.0663. The lowest BCUT2D eigenvalue weighted by Gasteiger charge is -2.07. The molecule has 0 aromatic heterocycles. The van der Waals surface area contributed by atoms with Crippen molar-refractivity contribution in [1.82, 2.24) is 10.6 Å². The number of nitro groups is 1. The van der Waals surface area contributed by atoms with Crippen LogP contribution in [0.4, 0.5) is 5.69 Å². The Morgan fingerprint density at radius 1 is 1.37 bits per heavy atom. The highest BCUT2D eigenvalue weighted by molar-refractivity contribution is 5.96. The Hall–Kier alpha value is -1.95. The van der Waals surface area contributed by atoms with Gasteiger partial charge in [0.2, 0.25) is 0 Å². The Kier molecular flexibility index (Phi) is 5.95. The van der Waals surface area contributed by atoms with Gasteiger partial charge in [0.15, 0.2) is 0 Å². The van der Waals surface area contributed by atoms with E-state index in [0.29, 0.717) is 12.1 Å². The summed E-state index contributed by atoms with van der Waals surface area (Å²) in [6, 6.07) is 4.30. The summed E-state index contributed by atoms with van der Waals surface area (Å²) in [5.41, 5.74) is 1.02. The number of hydrogen-bond acceptors (Lipinski definition) is 4. The molecule has 104 valence electrons. The molecule has 0 bridgehead atoms. The van der Waals surface area contributed by atoms with Crippen molar-refractivity contribution in [2.24, 2.45) is 0 Å². The molecule has 0 saturated heterocycles. The molecule has 0 heterocycles. The summed E-state index contributed by atoms with van der Waals surface area (Å²) in [6.07, 6.45) is 0.827. The molecule has 0 radical (unpaired) electrons. The second kappa shape index (κ2) is 7.48. The van der Waals surface area contributed by atoms with Crippen LogP contribution in [0.3, 0.4) is 0 Å². The highest BCUT2D eigenvalue weighted by atomic mass is 16.6. The normalized spacial score (nSPS) is 10.2. The topological polar surface area (TPSA) is 84.3 Å². The first kappa shape index (κ1) is 15.1. The van der Waals surface area contributed by atoms with Crippen molar-refractivity contribution in [3.05, 3.63) is 39.4 Å². The fourth-order valence-corrected chi connectivity index (χ4v) is 1.66. The van der Waals surface area contributed by atoms with Crippen molar-refractivity contribution in [1.29, 1.82) is 0 Å². The molecule has 19 heavy (non-hydrogen) atoms. The number of amides is 1. The number of nitro benzene ring substituents is 1. The summed E-state index contributed by atoms with van der Waals surface area (Å²) in [6.45, 7) is 6.07. The number of nitrogens with one attached hydrogen (secondary N) is 2. The van der Waals surface area contributed by atoms with Gasteiger partial charge < -0.3 is 10.6 Å². The fourth-order valence-electron chi connectivity index (χ4n) is 1.66. The molecular formula is C13H19N3O3. The SMILES string of the molecule is CCNCCCNC(=O)c1cc([N+](=O)[O-])ccc1C. The number of carbonyl (C=O) groups excluding carboxylic acids is 1. The number of nitrogens with zero attached hydrogens (tertiary/aromatic N) is 1. The summed E-state index contributed by atoms with van der Waals surface area (Å²) in [4.78, 5) is 22.1. The van der Waals surface area contributed by atoms with E-state index >= 15 is 0 Å². The van der Waals surface area contributed by atoms with Crippen LogP contribution in [0.5, 0.6) is 0 Å². The fraction of sp³-hybridized carbons (Fsp3) is 0.462. The van der Waals surface area contributed by atoms with Crippen LogP contribution < -0.4 is 10.6 Å². The molecule has 6 nitrogen and oxygen atoms in total. The average molecular weight is 265 g/mol. The van der Waals surface area contributed by atoms with Crippen LogP contribution in [-0.4, -0.2) is 30.5 Å². The molecule has 0 spiro atoms.